The molecule has 0 fully saturated rings. The van der Waals surface area contributed by atoms with Crippen LogP contribution in [0.3, 0.4) is 0 Å². The van der Waals surface area contributed by atoms with E-state index in [2.05, 4.69) is 36.9 Å². The van der Waals surface area contributed by atoms with Crippen LogP contribution in [0.2, 0.25) is 0 Å². The molecular weight excluding hydrogens is 420 g/mol. The highest BCUT2D eigenvalue weighted by molar-refractivity contribution is 6.18. The Morgan fingerprint density at radius 1 is 1.30 bits per heavy atom. The molecule has 10 nitrogen and oxygen atoms in total. The summed E-state index contributed by atoms with van der Waals surface area (Å²) >= 11 is 0. The molecule has 2 aliphatic rings. The molecule has 1 atom stereocenters. The molecule has 1 unspecified atom stereocenters. The molecule has 168 valence electrons. The fourth-order valence-electron chi connectivity index (χ4n) is 4.07. The number of guanidine groups is 1. The summed E-state index contributed by atoms with van der Waals surface area (Å²) in [5.74, 6) is 1.49. The van der Waals surface area contributed by atoms with Crippen LogP contribution in [0, 0.1) is 12.8 Å². The van der Waals surface area contributed by atoms with Crippen molar-refractivity contribution in [1.29, 1.82) is 0 Å². The normalized spacial score (nSPS) is 19.6. The van der Waals surface area contributed by atoms with Crippen molar-refractivity contribution in [2.24, 2.45) is 18.0 Å². The Bertz CT molecular complexity index is 1270. The summed E-state index contributed by atoms with van der Waals surface area (Å²) in [6, 6.07) is 3.45. The lowest BCUT2D eigenvalue weighted by Crippen LogP contribution is -2.35. The zero-order valence-corrected chi connectivity index (χ0v) is 18.5. The molecule has 0 saturated heterocycles. The average Bonchev–Trinajstić information content (AvgIpc) is 3.34. The van der Waals surface area contributed by atoms with Crippen molar-refractivity contribution in [3.05, 3.63) is 54.8 Å². The van der Waals surface area contributed by atoms with E-state index in [4.69, 9.17) is 4.74 Å². The quantitative estimate of drug-likeness (QED) is 0.571. The van der Waals surface area contributed by atoms with E-state index in [0.29, 0.717) is 53.4 Å². The Morgan fingerprint density at radius 2 is 2.18 bits per heavy atom. The van der Waals surface area contributed by atoms with E-state index in [1.54, 1.807) is 29.2 Å². The van der Waals surface area contributed by atoms with E-state index < -0.39 is 0 Å². The lowest BCUT2D eigenvalue weighted by molar-refractivity contribution is 0.100. The van der Waals surface area contributed by atoms with Crippen LogP contribution in [0.25, 0.3) is 11.3 Å². The summed E-state index contributed by atoms with van der Waals surface area (Å²) in [5.41, 5.74) is 3.20. The molecule has 2 aliphatic heterocycles. The second-order valence-electron chi connectivity index (χ2n) is 8.09. The van der Waals surface area contributed by atoms with Gasteiger partial charge in [-0.1, -0.05) is 6.08 Å². The van der Waals surface area contributed by atoms with Crippen molar-refractivity contribution in [3.63, 3.8) is 0 Å². The fraction of sp³-hybridized carbons (Fsp3) is 0.304. The van der Waals surface area contributed by atoms with Gasteiger partial charge in [0.25, 0.3) is 5.91 Å². The number of ether oxygens (including phenoxy) is 1. The molecule has 1 N–H and O–H groups in total. The molecule has 10 heteroatoms. The van der Waals surface area contributed by atoms with E-state index in [9.17, 15) is 4.79 Å². The summed E-state index contributed by atoms with van der Waals surface area (Å²) in [7, 11) is 1.83. The van der Waals surface area contributed by atoms with Gasteiger partial charge >= 0.3 is 0 Å². The van der Waals surface area contributed by atoms with Gasteiger partial charge < -0.3 is 10.1 Å². The summed E-state index contributed by atoms with van der Waals surface area (Å²) in [5, 5.41) is 7.52. The summed E-state index contributed by atoms with van der Waals surface area (Å²) in [6.07, 6.45) is 8.45. The average molecular weight is 444 g/mol. The third-order valence-electron chi connectivity index (χ3n) is 5.73. The summed E-state index contributed by atoms with van der Waals surface area (Å²) in [6.45, 7) is 6.95. The van der Waals surface area contributed by atoms with Crippen molar-refractivity contribution in [2.75, 3.05) is 23.4 Å². The summed E-state index contributed by atoms with van der Waals surface area (Å²) < 4.78 is 7.78. The van der Waals surface area contributed by atoms with E-state index in [1.165, 1.54) is 6.33 Å². The highest BCUT2D eigenvalue weighted by Gasteiger charge is 2.30. The van der Waals surface area contributed by atoms with Crippen LogP contribution < -0.4 is 15.0 Å². The smallest absolute Gasteiger partial charge is 0.280 e. The number of carbonyl (C=O) groups is 1. The maximum Gasteiger partial charge on any atom is 0.280 e. The van der Waals surface area contributed by atoms with Crippen molar-refractivity contribution < 1.29 is 9.53 Å². The molecule has 0 aliphatic carbocycles. The minimum Gasteiger partial charge on any atom is -0.477 e. The van der Waals surface area contributed by atoms with Gasteiger partial charge in [-0.15, -0.1) is 6.58 Å². The van der Waals surface area contributed by atoms with Crippen molar-refractivity contribution in [1.82, 2.24) is 24.7 Å². The first-order valence-electron chi connectivity index (χ1n) is 10.8. The second kappa shape index (κ2) is 8.45. The van der Waals surface area contributed by atoms with Gasteiger partial charge in [0.2, 0.25) is 11.8 Å². The predicted octanol–water partition coefficient (Wildman–Crippen LogP) is 2.98. The van der Waals surface area contributed by atoms with E-state index >= 15 is 0 Å². The topological polar surface area (TPSA) is 110 Å². The number of hydrogen-bond donors (Lipinski definition) is 1. The number of carbonyl (C=O) groups excluding carboxylic acids is 1. The number of anilines is 2. The molecule has 33 heavy (non-hydrogen) atoms. The highest BCUT2D eigenvalue weighted by atomic mass is 16.5. The van der Waals surface area contributed by atoms with Crippen LogP contribution in [-0.4, -0.2) is 49.8 Å². The van der Waals surface area contributed by atoms with Gasteiger partial charge in [0.15, 0.2) is 5.82 Å². The highest BCUT2D eigenvalue weighted by Crippen LogP contribution is 2.32. The number of rotatable bonds is 1. The van der Waals surface area contributed by atoms with E-state index in [0.717, 1.165) is 18.4 Å². The number of pyridine rings is 1. The number of nitrogens with one attached hydrogen (secondary N) is 1. The first-order chi connectivity index (χ1) is 16.0. The van der Waals surface area contributed by atoms with Crippen molar-refractivity contribution >= 4 is 23.4 Å². The van der Waals surface area contributed by atoms with Crippen LogP contribution in [-0.2, 0) is 7.05 Å². The molecule has 0 spiro atoms. The monoisotopic (exact) mass is 444 g/mol. The van der Waals surface area contributed by atoms with Gasteiger partial charge in [0.05, 0.1) is 30.3 Å². The van der Waals surface area contributed by atoms with Crippen LogP contribution in [0.4, 0.5) is 11.5 Å². The molecule has 3 aromatic heterocycles. The molecule has 0 aromatic carbocycles. The maximum atomic E-state index is 13.2. The van der Waals surface area contributed by atoms with Crippen LogP contribution in [0.1, 0.15) is 28.9 Å². The Hall–Kier alpha value is -4.08. The third kappa shape index (κ3) is 3.95. The van der Waals surface area contributed by atoms with Gasteiger partial charge in [-0.05, 0) is 37.8 Å². The number of aromatic nitrogens is 5. The predicted molar refractivity (Wildman–Crippen MR) is 124 cm³/mol. The van der Waals surface area contributed by atoms with Gasteiger partial charge in [0.1, 0.15) is 12.0 Å². The molecular formula is C23H24N8O2. The van der Waals surface area contributed by atoms with E-state index in [1.807, 2.05) is 24.9 Å². The number of aliphatic imine (C=N–C) groups is 1. The number of aryl methyl sites for hydroxylation is 2. The van der Waals surface area contributed by atoms with Crippen molar-refractivity contribution in [2.45, 2.75) is 19.8 Å². The Labute approximate surface area is 191 Å². The fourth-order valence-corrected chi connectivity index (χ4v) is 4.07. The van der Waals surface area contributed by atoms with Crippen molar-refractivity contribution in [3.8, 4) is 17.1 Å². The minimum atomic E-state index is -0.383. The first kappa shape index (κ1) is 20.8. The SMILES string of the molecule is C=CC1CCCOc2c(cnn2C)-c2cc(cc(C)n2)C(=O)/N=C2\Nc3cncnc3N2C1. The molecule has 1 amide bonds. The van der Waals surface area contributed by atoms with Gasteiger partial charge in [-0.3, -0.25) is 14.7 Å². The standard InChI is InChI=1S/C23H24N8O2/c1-4-15-6-5-7-33-22-17(10-26-30(22)3)18-9-16(8-14(2)27-18)21(32)29-23-28-19-11-24-13-25-20(19)31(23)12-15/h4,8-11,13,15H,1,5-7,12H2,2-3H3,(H,28,29,32). The Kier molecular flexibility index (Phi) is 5.33. The lowest BCUT2D eigenvalue weighted by Gasteiger charge is -2.22. The van der Waals surface area contributed by atoms with Crippen LogP contribution in [0.15, 0.2) is 48.5 Å². The van der Waals surface area contributed by atoms with Gasteiger partial charge in [-0.25, -0.2) is 14.6 Å². The number of fused-ring (bicyclic) bond motifs is 7. The minimum absolute atomic E-state index is 0.137. The Morgan fingerprint density at radius 3 is 3.03 bits per heavy atom. The summed E-state index contributed by atoms with van der Waals surface area (Å²) in [4.78, 5) is 32.7. The largest absolute Gasteiger partial charge is 0.477 e. The number of hydrogen-bond acceptors (Lipinski definition) is 8. The second-order valence-corrected chi connectivity index (χ2v) is 8.09. The van der Waals surface area contributed by atoms with Gasteiger partial charge in [-0.2, -0.15) is 10.1 Å². The maximum absolute atomic E-state index is 13.2. The van der Waals surface area contributed by atoms with Crippen LogP contribution in [0.5, 0.6) is 5.88 Å². The third-order valence-corrected chi connectivity index (χ3v) is 5.73. The molecule has 5 heterocycles. The zero-order chi connectivity index (χ0) is 22.9. The van der Waals surface area contributed by atoms with E-state index in [-0.39, 0.29) is 11.8 Å². The molecule has 0 saturated carbocycles. The Balaban J connectivity index is 1.61. The number of nitrogens with zero attached hydrogens (tertiary/aromatic N) is 7. The molecule has 3 aromatic rings. The van der Waals surface area contributed by atoms with Gasteiger partial charge in [0, 0.05) is 24.8 Å². The van der Waals surface area contributed by atoms with Crippen LogP contribution >= 0.6 is 0 Å². The molecule has 5 rings (SSSR count). The number of amides is 1. The molecule has 2 bridgehead atoms. The molecule has 0 radical (unpaired) electrons. The zero-order valence-electron chi connectivity index (χ0n) is 18.5. The first-order valence-corrected chi connectivity index (χ1v) is 10.8. The lowest BCUT2D eigenvalue weighted by atomic mass is 10.0.